The van der Waals surface area contributed by atoms with Gasteiger partial charge in [0, 0.05) is 6.20 Å². The summed E-state index contributed by atoms with van der Waals surface area (Å²) < 4.78 is 0. The molecule has 0 bridgehead atoms. The van der Waals surface area contributed by atoms with Crippen LogP contribution in [0.5, 0.6) is 5.75 Å². The van der Waals surface area contributed by atoms with E-state index in [1.165, 1.54) is 44.1 Å². The number of nitrogens with zero attached hydrogens (tertiary/aromatic N) is 3. The molecule has 0 aliphatic heterocycles. The van der Waals surface area contributed by atoms with Gasteiger partial charge in [-0.2, -0.15) is 0 Å². The van der Waals surface area contributed by atoms with Crippen LogP contribution in [0.1, 0.15) is 51.0 Å². The minimum Gasteiger partial charge on any atom is -0.506 e. The van der Waals surface area contributed by atoms with Crippen molar-refractivity contribution in [1.82, 2.24) is 4.98 Å². The van der Waals surface area contributed by atoms with Crippen LogP contribution in [-0.2, 0) is 6.42 Å². The first-order valence-corrected chi connectivity index (χ1v) is 8.44. The minimum atomic E-state index is 0.149. The molecule has 122 valence electrons. The number of benzene rings is 1. The van der Waals surface area contributed by atoms with Gasteiger partial charge in [-0.3, -0.25) is 0 Å². The van der Waals surface area contributed by atoms with Gasteiger partial charge in [-0.25, -0.2) is 4.98 Å². The van der Waals surface area contributed by atoms with E-state index in [2.05, 4.69) is 22.1 Å². The molecule has 0 saturated heterocycles. The Morgan fingerprint density at radius 2 is 1.78 bits per heavy atom. The van der Waals surface area contributed by atoms with Crippen LogP contribution >= 0.6 is 0 Å². The summed E-state index contributed by atoms with van der Waals surface area (Å²) in [6.45, 7) is 2.23. The van der Waals surface area contributed by atoms with E-state index < -0.39 is 0 Å². The molecule has 2 rings (SSSR count). The molecule has 0 radical (unpaired) electrons. The number of hydrogen-bond acceptors (Lipinski definition) is 4. The van der Waals surface area contributed by atoms with Crippen LogP contribution in [0.3, 0.4) is 0 Å². The van der Waals surface area contributed by atoms with E-state index in [0.717, 1.165) is 6.42 Å². The lowest BCUT2D eigenvalue weighted by Gasteiger charge is -2.04. The first-order valence-electron chi connectivity index (χ1n) is 8.44. The molecular weight excluding hydrogens is 286 g/mol. The Morgan fingerprint density at radius 1 is 0.957 bits per heavy atom. The molecule has 1 aromatic carbocycles. The van der Waals surface area contributed by atoms with Crippen molar-refractivity contribution in [3.05, 3.63) is 48.2 Å². The SMILES string of the molecule is CCCCCCCCc1ccc(O)c(N=Nc2ccccn2)c1. The Balaban J connectivity index is 1.90. The minimum absolute atomic E-state index is 0.149. The van der Waals surface area contributed by atoms with Crippen LogP contribution in [0.2, 0.25) is 0 Å². The summed E-state index contributed by atoms with van der Waals surface area (Å²) in [4.78, 5) is 4.09. The van der Waals surface area contributed by atoms with Crippen LogP contribution < -0.4 is 0 Å². The van der Waals surface area contributed by atoms with Crippen molar-refractivity contribution in [3.63, 3.8) is 0 Å². The van der Waals surface area contributed by atoms with Gasteiger partial charge in [0.2, 0.25) is 0 Å². The molecule has 1 aromatic heterocycles. The zero-order valence-corrected chi connectivity index (χ0v) is 13.8. The lowest BCUT2D eigenvalue weighted by atomic mass is 10.0. The molecule has 4 heteroatoms. The number of unbranched alkanes of at least 4 members (excludes halogenated alkanes) is 5. The number of pyridine rings is 1. The number of aromatic hydroxyl groups is 1. The monoisotopic (exact) mass is 311 g/mol. The second kappa shape index (κ2) is 9.72. The summed E-state index contributed by atoms with van der Waals surface area (Å²) in [7, 11) is 0. The molecule has 0 fully saturated rings. The van der Waals surface area contributed by atoms with E-state index in [1.807, 2.05) is 24.3 Å². The maximum Gasteiger partial charge on any atom is 0.174 e. The van der Waals surface area contributed by atoms with Gasteiger partial charge in [0.15, 0.2) is 5.82 Å². The highest BCUT2D eigenvalue weighted by molar-refractivity contribution is 5.52. The number of phenolic OH excluding ortho intramolecular Hbond substituents is 1. The van der Waals surface area contributed by atoms with Crippen LogP contribution in [0.25, 0.3) is 0 Å². The topological polar surface area (TPSA) is 57.8 Å². The van der Waals surface area contributed by atoms with Gasteiger partial charge in [-0.15, -0.1) is 10.2 Å². The molecule has 1 heterocycles. The molecule has 0 amide bonds. The molecular formula is C19H25N3O. The van der Waals surface area contributed by atoms with E-state index in [-0.39, 0.29) is 5.75 Å². The fourth-order valence-corrected chi connectivity index (χ4v) is 2.43. The van der Waals surface area contributed by atoms with E-state index in [1.54, 1.807) is 18.3 Å². The summed E-state index contributed by atoms with van der Waals surface area (Å²) >= 11 is 0. The average molecular weight is 311 g/mol. The van der Waals surface area contributed by atoms with E-state index in [4.69, 9.17) is 0 Å². The average Bonchev–Trinajstić information content (AvgIpc) is 2.59. The van der Waals surface area contributed by atoms with Crippen LogP contribution in [0.4, 0.5) is 11.5 Å². The number of phenols is 1. The third-order valence-corrected chi connectivity index (χ3v) is 3.77. The first kappa shape index (κ1) is 17.1. The number of hydrogen-bond donors (Lipinski definition) is 1. The van der Waals surface area contributed by atoms with E-state index in [9.17, 15) is 5.11 Å². The lowest BCUT2D eigenvalue weighted by molar-refractivity contribution is 0.476. The zero-order valence-electron chi connectivity index (χ0n) is 13.8. The third kappa shape index (κ3) is 6.19. The quantitative estimate of drug-likeness (QED) is 0.449. The summed E-state index contributed by atoms with van der Waals surface area (Å²) in [5, 5.41) is 18.1. The highest BCUT2D eigenvalue weighted by atomic mass is 16.3. The second-order valence-electron chi connectivity index (χ2n) is 5.73. The predicted octanol–water partition coefficient (Wildman–Crippen LogP) is 6.11. The largest absolute Gasteiger partial charge is 0.506 e. The molecule has 4 nitrogen and oxygen atoms in total. The number of rotatable bonds is 9. The van der Waals surface area contributed by atoms with Crippen molar-refractivity contribution in [2.45, 2.75) is 51.9 Å². The Kier molecular flexibility index (Phi) is 7.24. The van der Waals surface area contributed by atoms with Crippen molar-refractivity contribution in [1.29, 1.82) is 0 Å². The summed E-state index contributed by atoms with van der Waals surface area (Å²) in [6.07, 6.45) is 10.4. The molecule has 0 spiro atoms. The lowest BCUT2D eigenvalue weighted by Crippen LogP contribution is -1.86. The molecule has 23 heavy (non-hydrogen) atoms. The standard InChI is InChI=1S/C19H25N3O/c1-2-3-4-5-6-7-10-16-12-13-18(23)17(15-16)21-22-19-11-8-9-14-20-19/h8-9,11-15,23H,2-7,10H2,1H3. The molecule has 0 unspecified atom stereocenters. The molecule has 0 atom stereocenters. The normalized spacial score (nSPS) is 11.2. The van der Waals surface area contributed by atoms with Crippen LogP contribution in [0, 0.1) is 0 Å². The van der Waals surface area contributed by atoms with Gasteiger partial charge in [-0.1, -0.05) is 51.2 Å². The van der Waals surface area contributed by atoms with Crippen molar-refractivity contribution < 1.29 is 5.11 Å². The van der Waals surface area contributed by atoms with Crippen LogP contribution in [-0.4, -0.2) is 10.1 Å². The Morgan fingerprint density at radius 3 is 2.57 bits per heavy atom. The first-order chi connectivity index (χ1) is 11.3. The highest BCUT2D eigenvalue weighted by Gasteiger charge is 2.02. The molecule has 1 N–H and O–H groups in total. The summed E-state index contributed by atoms with van der Waals surface area (Å²) in [5.41, 5.74) is 1.69. The molecule has 0 aliphatic carbocycles. The Hall–Kier alpha value is -2.23. The van der Waals surface area contributed by atoms with Gasteiger partial charge in [0.05, 0.1) is 0 Å². The zero-order chi connectivity index (χ0) is 16.3. The number of azo groups is 1. The maximum atomic E-state index is 9.91. The highest BCUT2D eigenvalue weighted by Crippen LogP contribution is 2.29. The summed E-state index contributed by atoms with van der Waals surface area (Å²) in [5.74, 6) is 0.685. The second-order valence-corrected chi connectivity index (χ2v) is 5.73. The van der Waals surface area contributed by atoms with E-state index in [0.29, 0.717) is 11.5 Å². The fourth-order valence-electron chi connectivity index (χ4n) is 2.43. The Bertz CT molecular complexity index is 611. The van der Waals surface area contributed by atoms with Gasteiger partial charge < -0.3 is 5.11 Å². The van der Waals surface area contributed by atoms with Gasteiger partial charge in [0.25, 0.3) is 0 Å². The molecule has 0 saturated carbocycles. The van der Waals surface area contributed by atoms with Crippen LogP contribution in [0.15, 0.2) is 52.8 Å². The van der Waals surface area contributed by atoms with Crippen molar-refractivity contribution >= 4 is 11.5 Å². The van der Waals surface area contributed by atoms with Crippen molar-refractivity contribution in [2.24, 2.45) is 10.2 Å². The number of aromatic nitrogens is 1. The van der Waals surface area contributed by atoms with Gasteiger partial charge in [0.1, 0.15) is 11.4 Å². The molecule has 0 aliphatic rings. The smallest absolute Gasteiger partial charge is 0.174 e. The van der Waals surface area contributed by atoms with Gasteiger partial charge >= 0.3 is 0 Å². The van der Waals surface area contributed by atoms with Crippen molar-refractivity contribution in [3.8, 4) is 5.75 Å². The summed E-state index contributed by atoms with van der Waals surface area (Å²) in [6, 6.07) is 11.0. The fraction of sp³-hybridized carbons (Fsp3) is 0.421. The maximum absolute atomic E-state index is 9.91. The van der Waals surface area contributed by atoms with Crippen molar-refractivity contribution in [2.75, 3.05) is 0 Å². The Labute approximate surface area is 138 Å². The van der Waals surface area contributed by atoms with E-state index >= 15 is 0 Å². The predicted molar refractivity (Wildman–Crippen MR) is 93.6 cm³/mol. The number of aryl methyl sites for hydroxylation is 1. The molecule has 2 aromatic rings. The third-order valence-electron chi connectivity index (χ3n) is 3.77. The van der Waals surface area contributed by atoms with Gasteiger partial charge in [-0.05, 0) is 42.7 Å².